The number of anilines is 8. The highest BCUT2D eigenvalue weighted by Gasteiger charge is 2.16. The van der Waals surface area contributed by atoms with E-state index in [0.29, 0.717) is 24.6 Å². The Balaban J connectivity index is 0.836. The van der Waals surface area contributed by atoms with E-state index in [-0.39, 0.29) is 0 Å². The first-order valence-corrected chi connectivity index (χ1v) is 24.6. The molecule has 8 rings (SSSR count). The summed E-state index contributed by atoms with van der Waals surface area (Å²) in [6, 6.07) is 77.9. The fourth-order valence-electron chi connectivity index (χ4n) is 7.46. The van der Waals surface area contributed by atoms with Gasteiger partial charge in [-0.3, -0.25) is 10.0 Å². The van der Waals surface area contributed by atoms with Gasteiger partial charge in [0.1, 0.15) is 0 Å². The second-order valence-corrected chi connectivity index (χ2v) is 18.1. The van der Waals surface area contributed by atoms with Crippen molar-refractivity contribution in [3.63, 3.8) is 0 Å². The molecule has 0 aromatic heterocycles. The maximum atomic E-state index is 11.2. The minimum absolute atomic E-state index is 0.333. The third-order valence-corrected chi connectivity index (χ3v) is 13.3. The molecule has 0 aliphatic rings. The lowest BCUT2D eigenvalue weighted by molar-refractivity contribution is 0.205. The molecule has 8 nitrogen and oxygen atoms in total. The molecule has 2 N–H and O–H groups in total. The van der Waals surface area contributed by atoms with Crippen molar-refractivity contribution in [1.82, 2.24) is 0 Å². The molecule has 2 atom stereocenters. The Morgan fingerprint density at radius 3 is 0.881 bits per heavy atom. The van der Waals surface area contributed by atoms with Crippen LogP contribution in [0.5, 0.6) is 0 Å². The van der Waals surface area contributed by atoms with Crippen LogP contribution in [-0.2, 0) is 0 Å². The Kier molecular flexibility index (Phi) is 16.9. The van der Waals surface area contributed by atoms with Crippen LogP contribution in [0.15, 0.2) is 241 Å². The van der Waals surface area contributed by atoms with Crippen molar-refractivity contribution in [2.75, 3.05) is 49.5 Å². The molecular formula is C57H54N6O2S2. The van der Waals surface area contributed by atoms with Gasteiger partial charge in [-0.15, -0.1) is 23.5 Å². The summed E-state index contributed by atoms with van der Waals surface area (Å²) in [6.07, 6.45) is 2.43. The second kappa shape index (κ2) is 24.4. The van der Waals surface area contributed by atoms with Gasteiger partial charge in [0, 0.05) is 50.7 Å². The lowest BCUT2D eigenvalue weighted by atomic mass is 10.1. The predicted molar refractivity (Wildman–Crippen MR) is 287 cm³/mol. The molecule has 0 saturated carbocycles. The number of hydrogen-bond acceptors (Lipinski definition) is 10. The van der Waals surface area contributed by atoms with E-state index in [1.54, 1.807) is 23.5 Å². The van der Waals surface area contributed by atoms with Crippen molar-refractivity contribution in [1.29, 1.82) is 0 Å². The zero-order valence-electron chi connectivity index (χ0n) is 37.2. The van der Waals surface area contributed by atoms with Gasteiger partial charge in [0.05, 0.1) is 49.1 Å². The molecule has 10 heteroatoms. The molecule has 0 aliphatic heterocycles. The zero-order valence-corrected chi connectivity index (χ0v) is 38.8. The van der Waals surface area contributed by atoms with Crippen LogP contribution in [0, 0.1) is 0 Å². The summed E-state index contributed by atoms with van der Waals surface area (Å²) in [5, 5.41) is 36.6. The van der Waals surface area contributed by atoms with Gasteiger partial charge in [-0.05, 0) is 108 Å². The van der Waals surface area contributed by atoms with Crippen LogP contribution in [0.1, 0.15) is 11.1 Å². The van der Waals surface area contributed by atoms with Crippen molar-refractivity contribution in [3.05, 3.63) is 242 Å². The highest BCUT2D eigenvalue weighted by molar-refractivity contribution is 8.16. The average Bonchev–Trinajstić information content (AvgIpc) is 3.39. The summed E-state index contributed by atoms with van der Waals surface area (Å²) in [5.41, 5.74) is 10.1. The lowest BCUT2D eigenvalue weighted by Gasteiger charge is -2.25. The van der Waals surface area contributed by atoms with Gasteiger partial charge >= 0.3 is 0 Å². The van der Waals surface area contributed by atoms with Crippen LogP contribution in [0.2, 0.25) is 0 Å². The highest BCUT2D eigenvalue weighted by Crippen LogP contribution is 2.35. The quantitative estimate of drug-likeness (QED) is 0.0301. The van der Waals surface area contributed by atoms with Crippen molar-refractivity contribution in [3.8, 4) is 0 Å². The maximum Gasteiger partial charge on any atom is 0.0826 e. The fraction of sp³-hybridized carbons (Fsp3) is 0.123. The number of aliphatic hydroxyl groups excluding tert-OH is 2. The maximum absolute atomic E-state index is 11.2. The molecule has 336 valence electrons. The first kappa shape index (κ1) is 46.4. The van der Waals surface area contributed by atoms with Gasteiger partial charge in [0.25, 0.3) is 0 Å². The molecule has 2 unspecified atom stereocenters. The number of nitrogens with zero attached hydrogens (tertiary/aromatic N) is 6. The SMILES string of the molecule is OC(CSCSCC(O)CN(/N=C/c1ccc(N(c2ccccc2)c2ccccc2)cc1)c1ccccc1)CN(/N=C/c1ccc(N(c2ccccc2)c2ccccc2)cc1)c1ccccc1. The zero-order chi connectivity index (χ0) is 45.9. The Morgan fingerprint density at radius 2 is 0.597 bits per heavy atom. The van der Waals surface area contributed by atoms with Crippen LogP contribution < -0.4 is 19.8 Å². The smallest absolute Gasteiger partial charge is 0.0826 e. The first-order chi connectivity index (χ1) is 33.1. The molecular weight excluding hydrogens is 865 g/mol. The van der Waals surface area contributed by atoms with Crippen LogP contribution in [0.25, 0.3) is 0 Å². The number of hydrazone groups is 2. The molecule has 0 fully saturated rings. The molecule has 67 heavy (non-hydrogen) atoms. The van der Waals surface area contributed by atoms with Gasteiger partial charge in [-0.1, -0.05) is 133 Å². The van der Waals surface area contributed by atoms with Crippen molar-refractivity contribution in [2.45, 2.75) is 12.2 Å². The van der Waals surface area contributed by atoms with Gasteiger partial charge in [-0.25, -0.2) is 0 Å². The van der Waals surface area contributed by atoms with Crippen molar-refractivity contribution >= 4 is 81.5 Å². The minimum atomic E-state index is -0.628. The van der Waals surface area contributed by atoms with Crippen molar-refractivity contribution < 1.29 is 10.2 Å². The summed E-state index contributed by atoms with van der Waals surface area (Å²) >= 11 is 3.30. The van der Waals surface area contributed by atoms with Crippen LogP contribution >= 0.6 is 23.5 Å². The molecule has 0 heterocycles. The highest BCUT2D eigenvalue weighted by atomic mass is 32.2. The number of benzene rings is 8. The number of thioether (sulfide) groups is 2. The summed E-state index contributed by atoms with van der Waals surface area (Å²) < 4.78 is 0. The van der Waals surface area contributed by atoms with Gasteiger partial charge in [-0.2, -0.15) is 10.2 Å². The van der Waals surface area contributed by atoms with E-state index in [1.807, 2.05) is 156 Å². The largest absolute Gasteiger partial charge is 0.390 e. The Bertz CT molecular complexity index is 2430. The molecule has 8 aromatic carbocycles. The lowest BCUT2D eigenvalue weighted by Crippen LogP contribution is -2.30. The summed E-state index contributed by atoms with van der Waals surface area (Å²) in [4.78, 5) is 4.46. The fourth-order valence-corrected chi connectivity index (χ4v) is 9.46. The third-order valence-electron chi connectivity index (χ3n) is 10.7. The average molecular weight is 919 g/mol. The molecule has 0 saturated heterocycles. The van der Waals surface area contributed by atoms with E-state index in [9.17, 15) is 10.2 Å². The van der Waals surface area contributed by atoms with Crippen molar-refractivity contribution in [2.24, 2.45) is 10.2 Å². The summed E-state index contributed by atoms with van der Waals surface area (Å²) in [7, 11) is 0. The standard InChI is InChI=1S/C57H54N6O2S2/c64-56(41-60(48-19-7-1-8-20-48)58-39-46-31-35-54(36-32-46)62(50-23-11-3-12-24-50)51-25-13-4-14-26-51)43-66-45-67-44-57(65)42-61(49-21-9-2-10-22-49)59-40-47-33-37-55(38-34-47)63(52-27-15-5-16-28-52)53-29-17-6-18-30-53/h1-40,56-57,64-65H,41-45H2/b58-39+,59-40+. The number of rotatable bonds is 22. The summed E-state index contributed by atoms with van der Waals surface area (Å²) in [5.74, 6) is 1.05. The Hall–Kier alpha value is -7.08. The Labute approximate surface area is 403 Å². The predicted octanol–water partition coefficient (Wildman–Crippen LogP) is 13.2. The van der Waals surface area contributed by atoms with E-state index in [4.69, 9.17) is 10.2 Å². The molecule has 8 aromatic rings. The molecule has 0 amide bonds. The van der Waals surface area contributed by atoms with E-state index in [1.165, 1.54) is 0 Å². The summed E-state index contributed by atoms with van der Waals surface area (Å²) in [6.45, 7) is 0.666. The number of aliphatic hydroxyl groups is 2. The first-order valence-electron chi connectivity index (χ1n) is 22.3. The van der Waals surface area contributed by atoms with Gasteiger partial charge < -0.3 is 20.0 Å². The molecule has 0 spiro atoms. The number of hydrogen-bond donors (Lipinski definition) is 2. The topological polar surface area (TPSA) is 78.1 Å². The van der Waals surface area contributed by atoms with E-state index >= 15 is 0 Å². The minimum Gasteiger partial charge on any atom is -0.390 e. The van der Waals surface area contributed by atoms with Crippen LogP contribution in [0.4, 0.5) is 45.5 Å². The normalized spacial score (nSPS) is 12.2. The second-order valence-electron chi connectivity index (χ2n) is 15.7. The van der Waals surface area contributed by atoms with Gasteiger partial charge in [0.15, 0.2) is 0 Å². The molecule has 0 radical (unpaired) electrons. The number of para-hydroxylation sites is 6. The van der Waals surface area contributed by atoms with Crippen LogP contribution in [-0.4, -0.2) is 64.5 Å². The van der Waals surface area contributed by atoms with E-state index in [0.717, 1.165) is 61.7 Å². The third kappa shape index (κ3) is 13.5. The molecule has 0 aliphatic carbocycles. The van der Waals surface area contributed by atoms with E-state index < -0.39 is 12.2 Å². The monoisotopic (exact) mass is 918 g/mol. The Morgan fingerprint density at radius 1 is 0.343 bits per heavy atom. The van der Waals surface area contributed by atoms with Gasteiger partial charge in [0.2, 0.25) is 0 Å². The van der Waals surface area contributed by atoms with Crippen LogP contribution in [0.3, 0.4) is 0 Å². The van der Waals surface area contributed by atoms with E-state index in [2.05, 4.69) is 107 Å². The molecule has 0 bridgehead atoms.